The Hall–Kier alpha value is -2.12. The predicted octanol–water partition coefficient (Wildman–Crippen LogP) is 2.00. The predicted molar refractivity (Wildman–Crippen MR) is 78.7 cm³/mol. The summed E-state index contributed by atoms with van der Waals surface area (Å²) in [5.41, 5.74) is 1.67. The van der Waals surface area contributed by atoms with E-state index >= 15 is 0 Å². The van der Waals surface area contributed by atoms with Crippen LogP contribution >= 0.6 is 0 Å². The molecular formula is C14H16N2O4S. The number of carbonyl (C=O) groups excluding carboxylic acids is 1. The van der Waals surface area contributed by atoms with Gasteiger partial charge in [0.25, 0.3) is 15.9 Å². The Morgan fingerprint density at radius 3 is 2.57 bits per heavy atom. The van der Waals surface area contributed by atoms with Gasteiger partial charge in [-0.2, -0.15) is 0 Å². The van der Waals surface area contributed by atoms with Gasteiger partial charge in [-0.1, -0.05) is 25.1 Å². The van der Waals surface area contributed by atoms with Crippen molar-refractivity contribution in [2.24, 2.45) is 0 Å². The zero-order chi connectivity index (χ0) is 15.5. The van der Waals surface area contributed by atoms with Crippen molar-refractivity contribution in [3.63, 3.8) is 0 Å². The van der Waals surface area contributed by atoms with E-state index in [1.165, 1.54) is 19.2 Å². The minimum atomic E-state index is -3.69. The summed E-state index contributed by atoms with van der Waals surface area (Å²) in [4.78, 5) is 12.1. The molecule has 0 radical (unpaired) electrons. The Kier molecular flexibility index (Phi) is 4.44. The second-order valence-electron chi connectivity index (χ2n) is 4.29. The number of sulfonamides is 1. The zero-order valence-corrected chi connectivity index (χ0v) is 12.5. The van der Waals surface area contributed by atoms with Crippen LogP contribution in [0.4, 0.5) is 5.69 Å². The van der Waals surface area contributed by atoms with Crippen LogP contribution in [0, 0.1) is 0 Å². The Bertz CT molecular complexity index is 750. The molecule has 0 saturated carbocycles. The summed E-state index contributed by atoms with van der Waals surface area (Å²) < 4.78 is 30.3. The molecule has 6 nitrogen and oxygen atoms in total. The summed E-state index contributed by atoms with van der Waals surface area (Å²) in [5, 5.41) is 2.42. The molecule has 1 aromatic carbocycles. The molecule has 0 unspecified atom stereocenters. The lowest BCUT2D eigenvalue weighted by atomic mass is 10.1. The molecule has 0 atom stereocenters. The number of carbonyl (C=O) groups is 1. The molecule has 0 aliphatic heterocycles. The summed E-state index contributed by atoms with van der Waals surface area (Å²) in [6, 6.07) is 9.97. The highest BCUT2D eigenvalue weighted by Gasteiger charge is 2.19. The second kappa shape index (κ2) is 6.11. The third-order valence-electron chi connectivity index (χ3n) is 2.99. The molecule has 0 spiro atoms. The van der Waals surface area contributed by atoms with Crippen LogP contribution in [-0.2, 0) is 16.4 Å². The number of hydrogen-bond acceptors (Lipinski definition) is 4. The van der Waals surface area contributed by atoms with Crippen molar-refractivity contribution in [1.29, 1.82) is 0 Å². The van der Waals surface area contributed by atoms with Crippen LogP contribution in [-0.4, -0.2) is 21.4 Å². The number of anilines is 1. The molecule has 0 aliphatic rings. The minimum absolute atomic E-state index is 0.0604. The molecule has 112 valence electrons. The quantitative estimate of drug-likeness (QED) is 0.884. The number of hydrogen-bond donors (Lipinski definition) is 2. The van der Waals surface area contributed by atoms with Crippen LogP contribution in [0.25, 0.3) is 0 Å². The topological polar surface area (TPSA) is 88.4 Å². The Labute approximate surface area is 123 Å². The van der Waals surface area contributed by atoms with E-state index in [1.54, 1.807) is 6.07 Å². The van der Waals surface area contributed by atoms with Crippen LogP contribution < -0.4 is 10.0 Å². The average molecular weight is 308 g/mol. The second-order valence-corrected chi connectivity index (χ2v) is 6.11. The normalized spacial score (nSPS) is 11.3. The lowest BCUT2D eigenvalue weighted by molar-refractivity contribution is 0.0991. The van der Waals surface area contributed by atoms with Crippen molar-refractivity contribution in [2.75, 3.05) is 12.4 Å². The molecule has 1 amide bonds. The van der Waals surface area contributed by atoms with Gasteiger partial charge in [-0.25, -0.2) is 13.1 Å². The molecule has 0 aliphatic carbocycles. The molecule has 2 N–H and O–H groups in total. The highest BCUT2D eigenvalue weighted by molar-refractivity contribution is 7.89. The number of para-hydroxylation sites is 1. The van der Waals surface area contributed by atoms with Gasteiger partial charge in [0.1, 0.15) is 0 Å². The zero-order valence-electron chi connectivity index (χ0n) is 11.7. The van der Waals surface area contributed by atoms with Gasteiger partial charge < -0.3 is 9.73 Å². The van der Waals surface area contributed by atoms with E-state index in [4.69, 9.17) is 4.42 Å². The number of benzene rings is 1. The fraction of sp³-hybridized carbons (Fsp3) is 0.214. The van der Waals surface area contributed by atoms with Gasteiger partial charge in [0.2, 0.25) is 5.09 Å². The molecule has 2 aromatic rings. The average Bonchev–Trinajstić information content (AvgIpc) is 2.98. The molecule has 0 saturated heterocycles. The number of rotatable bonds is 5. The van der Waals surface area contributed by atoms with E-state index in [9.17, 15) is 13.2 Å². The van der Waals surface area contributed by atoms with Gasteiger partial charge in [0.15, 0.2) is 5.76 Å². The Morgan fingerprint density at radius 2 is 1.90 bits per heavy atom. The van der Waals surface area contributed by atoms with Crippen LogP contribution in [0.5, 0.6) is 0 Å². The third-order valence-corrected chi connectivity index (χ3v) is 4.27. The van der Waals surface area contributed by atoms with Crippen molar-refractivity contribution in [1.82, 2.24) is 4.72 Å². The van der Waals surface area contributed by atoms with Gasteiger partial charge >= 0.3 is 0 Å². The SMILES string of the molecule is CCc1ccccc1NC(=O)c1ccc(S(=O)(=O)NC)o1. The number of aryl methyl sites for hydroxylation is 1. The largest absolute Gasteiger partial charge is 0.438 e. The highest BCUT2D eigenvalue weighted by Crippen LogP contribution is 2.18. The lowest BCUT2D eigenvalue weighted by Crippen LogP contribution is -2.18. The maximum absolute atomic E-state index is 12.1. The van der Waals surface area contributed by atoms with E-state index in [1.807, 2.05) is 25.1 Å². The highest BCUT2D eigenvalue weighted by atomic mass is 32.2. The summed E-state index contributed by atoms with van der Waals surface area (Å²) in [6.07, 6.45) is 0.772. The summed E-state index contributed by atoms with van der Waals surface area (Å²) in [5.74, 6) is -0.553. The first-order valence-corrected chi connectivity index (χ1v) is 7.89. The van der Waals surface area contributed by atoms with Crippen LogP contribution in [0.3, 0.4) is 0 Å². The molecule has 21 heavy (non-hydrogen) atoms. The van der Waals surface area contributed by atoms with E-state index in [0.29, 0.717) is 5.69 Å². The van der Waals surface area contributed by atoms with E-state index in [-0.39, 0.29) is 10.9 Å². The standard InChI is InChI=1S/C14H16N2O4S/c1-3-10-6-4-5-7-11(10)16-14(17)12-8-9-13(20-12)21(18,19)15-2/h4-9,15H,3H2,1-2H3,(H,16,17). The van der Waals surface area contributed by atoms with Gasteiger partial charge in [-0.3, -0.25) is 4.79 Å². The molecular weight excluding hydrogens is 292 g/mol. The first kappa shape index (κ1) is 15.3. The van der Waals surface area contributed by atoms with Crippen LogP contribution in [0.2, 0.25) is 0 Å². The van der Waals surface area contributed by atoms with E-state index < -0.39 is 15.9 Å². The number of furan rings is 1. The maximum atomic E-state index is 12.1. The Balaban J connectivity index is 2.22. The van der Waals surface area contributed by atoms with Crippen molar-refractivity contribution in [3.05, 3.63) is 47.7 Å². The smallest absolute Gasteiger partial charge is 0.291 e. The lowest BCUT2D eigenvalue weighted by Gasteiger charge is -2.08. The summed E-state index contributed by atoms with van der Waals surface area (Å²) >= 11 is 0. The Morgan fingerprint density at radius 1 is 1.19 bits per heavy atom. The molecule has 2 rings (SSSR count). The summed E-state index contributed by atoms with van der Waals surface area (Å²) in [7, 11) is -2.42. The van der Waals surface area contributed by atoms with Crippen molar-refractivity contribution < 1.29 is 17.6 Å². The van der Waals surface area contributed by atoms with Crippen molar-refractivity contribution in [3.8, 4) is 0 Å². The fourth-order valence-corrected chi connectivity index (χ4v) is 2.47. The maximum Gasteiger partial charge on any atom is 0.291 e. The molecule has 1 aromatic heterocycles. The van der Waals surface area contributed by atoms with E-state index in [2.05, 4.69) is 10.0 Å². The molecule has 1 heterocycles. The van der Waals surface area contributed by atoms with Crippen LogP contribution in [0.15, 0.2) is 45.9 Å². The van der Waals surface area contributed by atoms with Crippen molar-refractivity contribution >= 4 is 21.6 Å². The number of nitrogens with one attached hydrogen (secondary N) is 2. The first-order valence-electron chi connectivity index (χ1n) is 6.40. The van der Waals surface area contributed by atoms with Gasteiger partial charge in [-0.15, -0.1) is 0 Å². The molecule has 0 fully saturated rings. The van der Waals surface area contributed by atoms with Crippen molar-refractivity contribution in [2.45, 2.75) is 18.4 Å². The van der Waals surface area contributed by atoms with Crippen LogP contribution in [0.1, 0.15) is 23.0 Å². The third kappa shape index (κ3) is 3.32. The van der Waals surface area contributed by atoms with Gasteiger partial charge in [0, 0.05) is 5.69 Å². The van der Waals surface area contributed by atoms with E-state index in [0.717, 1.165) is 12.0 Å². The van der Waals surface area contributed by atoms with Gasteiger partial charge in [0.05, 0.1) is 0 Å². The first-order chi connectivity index (χ1) is 9.97. The molecule has 7 heteroatoms. The number of amides is 1. The van der Waals surface area contributed by atoms with Gasteiger partial charge in [-0.05, 0) is 37.2 Å². The fourth-order valence-electron chi connectivity index (χ4n) is 1.82. The molecule has 0 bridgehead atoms. The monoisotopic (exact) mass is 308 g/mol. The summed E-state index contributed by atoms with van der Waals surface area (Å²) in [6.45, 7) is 1.98. The minimum Gasteiger partial charge on any atom is -0.438 e.